The molecule has 0 spiro atoms. The lowest BCUT2D eigenvalue weighted by molar-refractivity contribution is 0.586. The molecule has 2 aromatic heterocycles. The number of benzene rings is 1. The zero-order valence-corrected chi connectivity index (χ0v) is 12.7. The van der Waals surface area contributed by atoms with E-state index in [1.165, 1.54) is 0 Å². The van der Waals surface area contributed by atoms with Gasteiger partial charge in [0.15, 0.2) is 17.0 Å². The van der Waals surface area contributed by atoms with E-state index in [1.807, 2.05) is 18.2 Å². The Balaban J connectivity index is 1.75. The molecule has 8 nitrogen and oxygen atoms in total. The number of anilines is 2. The minimum atomic E-state index is 0.252. The van der Waals surface area contributed by atoms with Gasteiger partial charge in [-0.15, -0.1) is 5.10 Å². The summed E-state index contributed by atoms with van der Waals surface area (Å²) in [5.41, 5.74) is 8.44. The van der Waals surface area contributed by atoms with Crippen molar-refractivity contribution >= 4 is 22.9 Å². The molecule has 0 saturated carbocycles. The first kappa shape index (κ1) is 13.9. The zero-order valence-electron chi connectivity index (χ0n) is 12.7. The van der Waals surface area contributed by atoms with Crippen molar-refractivity contribution in [1.82, 2.24) is 30.3 Å². The van der Waals surface area contributed by atoms with Crippen LogP contribution in [-0.4, -0.2) is 51.1 Å². The number of fused-ring (bicyclic) bond motifs is 1. The topological polar surface area (TPSA) is 97.8 Å². The molecule has 1 aliphatic heterocycles. The molecule has 0 atom stereocenters. The van der Waals surface area contributed by atoms with Gasteiger partial charge in [-0.3, -0.25) is 0 Å². The fourth-order valence-electron chi connectivity index (χ4n) is 2.82. The van der Waals surface area contributed by atoms with Gasteiger partial charge in [-0.05, 0) is 5.56 Å². The van der Waals surface area contributed by atoms with Crippen LogP contribution in [0.3, 0.4) is 0 Å². The first-order valence-electron chi connectivity index (χ1n) is 7.67. The summed E-state index contributed by atoms with van der Waals surface area (Å²) < 4.78 is 1.77. The van der Waals surface area contributed by atoms with Crippen molar-refractivity contribution in [2.45, 2.75) is 6.54 Å². The molecule has 0 unspecified atom stereocenters. The quantitative estimate of drug-likeness (QED) is 0.716. The van der Waals surface area contributed by atoms with E-state index in [2.05, 4.69) is 42.6 Å². The predicted octanol–water partition coefficient (Wildman–Crippen LogP) is 0.261. The monoisotopic (exact) mass is 310 g/mol. The fraction of sp³-hybridized carbons (Fsp3) is 0.333. The van der Waals surface area contributed by atoms with Crippen LogP contribution in [0, 0.1) is 0 Å². The van der Waals surface area contributed by atoms with Gasteiger partial charge in [-0.1, -0.05) is 35.5 Å². The number of hydrogen-bond donors (Lipinski definition) is 2. The van der Waals surface area contributed by atoms with Gasteiger partial charge in [0, 0.05) is 26.2 Å². The number of nitrogens with one attached hydrogen (secondary N) is 1. The van der Waals surface area contributed by atoms with E-state index in [4.69, 9.17) is 5.73 Å². The lowest BCUT2D eigenvalue weighted by atomic mass is 10.2. The second-order valence-corrected chi connectivity index (χ2v) is 5.55. The smallest absolute Gasteiger partial charge is 0.224 e. The Bertz CT molecular complexity index is 807. The molecule has 0 amide bonds. The average Bonchev–Trinajstić information content (AvgIpc) is 2.99. The molecule has 8 heteroatoms. The molecular weight excluding hydrogens is 292 g/mol. The van der Waals surface area contributed by atoms with Gasteiger partial charge in [-0.25, -0.2) is 4.68 Å². The molecule has 1 fully saturated rings. The first-order chi connectivity index (χ1) is 11.3. The highest BCUT2D eigenvalue weighted by molar-refractivity contribution is 5.84. The largest absolute Gasteiger partial charge is 0.368 e. The van der Waals surface area contributed by atoms with Crippen LogP contribution in [0.25, 0.3) is 11.2 Å². The number of piperazine rings is 1. The van der Waals surface area contributed by atoms with Gasteiger partial charge in [0.25, 0.3) is 0 Å². The summed E-state index contributed by atoms with van der Waals surface area (Å²) in [4.78, 5) is 10.9. The van der Waals surface area contributed by atoms with Crippen molar-refractivity contribution in [1.29, 1.82) is 0 Å². The summed E-state index contributed by atoms with van der Waals surface area (Å²) in [7, 11) is 0. The highest BCUT2D eigenvalue weighted by atomic mass is 15.5. The Morgan fingerprint density at radius 3 is 2.65 bits per heavy atom. The summed E-state index contributed by atoms with van der Waals surface area (Å²) >= 11 is 0. The van der Waals surface area contributed by atoms with Crippen molar-refractivity contribution in [3.63, 3.8) is 0 Å². The number of nitrogen functional groups attached to an aromatic ring is 1. The van der Waals surface area contributed by atoms with Gasteiger partial charge in [0.1, 0.15) is 0 Å². The third kappa shape index (κ3) is 2.68. The van der Waals surface area contributed by atoms with Crippen molar-refractivity contribution in [2.75, 3.05) is 36.8 Å². The van der Waals surface area contributed by atoms with Crippen LogP contribution in [0.2, 0.25) is 0 Å². The van der Waals surface area contributed by atoms with E-state index in [9.17, 15) is 0 Å². The van der Waals surface area contributed by atoms with E-state index in [0.29, 0.717) is 17.7 Å². The molecule has 23 heavy (non-hydrogen) atoms. The number of nitrogens with zero attached hydrogens (tertiary/aromatic N) is 6. The van der Waals surface area contributed by atoms with Crippen LogP contribution < -0.4 is 16.0 Å². The molecule has 0 bridgehead atoms. The van der Waals surface area contributed by atoms with Crippen LogP contribution in [0.4, 0.5) is 11.8 Å². The Labute approximate surface area is 133 Å². The van der Waals surface area contributed by atoms with E-state index in [1.54, 1.807) is 4.68 Å². The number of hydrogen-bond acceptors (Lipinski definition) is 7. The fourth-order valence-corrected chi connectivity index (χ4v) is 2.82. The summed E-state index contributed by atoms with van der Waals surface area (Å²) in [6.07, 6.45) is 0. The standard InChI is InChI=1S/C15H18N8/c16-15-18-13(22-8-6-17-7-9-22)12-14(19-15)23(21-20-12)10-11-4-2-1-3-5-11/h1-5,17H,6-10H2,(H2,16,18,19). The normalized spacial score (nSPS) is 15.2. The molecule has 3 heterocycles. The number of rotatable bonds is 3. The van der Waals surface area contributed by atoms with Crippen LogP contribution in [0.5, 0.6) is 0 Å². The van der Waals surface area contributed by atoms with Crippen LogP contribution in [0.15, 0.2) is 30.3 Å². The maximum atomic E-state index is 5.92. The average molecular weight is 310 g/mol. The summed E-state index contributed by atoms with van der Waals surface area (Å²) in [6, 6.07) is 10.1. The molecule has 0 aliphatic carbocycles. The number of nitrogens with two attached hydrogens (primary N) is 1. The van der Waals surface area contributed by atoms with Gasteiger partial charge in [0.05, 0.1) is 6.54 Å². The van der Waals surface area contributed by atoms with E-state index in [0.717, 1.165) is 37.6 Å². The summed E-state index contributed by atoms with van der Waals surface area (Å²) in [5.74, 6) is 1.02. The van der Waals surface area contributed by atoms with Crippen molar-refractivity contribution in [3.8, 4) is 0 Å². The lowest BCUT2D eigenvalue weighted by Gasteiger charge is -2.28. The highest BCUT2D eigenvalue weighted by Gasteiger charge is 2.20. The third-order valence-electron chi connectivity index (χ3n) is 3.95. The molecule has 3 aromatic rings. The SMILES string of the molecule is Nc1nc(N2CCNCC2)c2nnn(Cc3ccccc3)c2n1. The van der Waals surface area contributed by atoms with Crippen LogP contribution in [-0.2, 0) is 6.54 Å². The van der Waals surface area contributed by atoms with E-state index < -0.39 is 0 Å². The van der Waals surface area contributed by atoms with Crippen molar-refractivity contribution in [3.05, 3.63) is 35.9 Å². The molecular formula is C15H18N8. The van der Waals surface area contributed by atoms with Crippen molar-refractivity contribution < 1.29 is 0 Å². The minimum Gasteiger partial charge on any atom is -0.368 e. The number of aromatic nitrogens is 5. The Morgan fingerprint density at radius 2 is 1.87 bits per heavy atom. The molecule has 118 valence electrons. The van der Waals surface area contributed by atoms with Crippen molar-refractivity contribution in [2.24, 2.45) is 0 Å². The van der Waals surface area contributed by atoms with E-state index >= 15 is 0 Å². The molecule has 1 aromatic carbocycles. The first-order valence-corrected chi connectivity index (χ1v) is 7.67. The van der Waals surface area contributed by atoms with Gasteiger partial charge >= 0.3 is 0 Å². The molecule has 4 rings (SSSR count). The highest BCUT2D eigenvalue weighted by Crippen LogP contribution is 2.23. The second kappa shape index (κ2) is 5.81. The molecule has 0 radical (unpaired) electrons. The Morgan fingerprint density at radius 1 is 1.09 bits per heavy atom. The van der Waals surface area contributed by atoms with Gasteiger partial charge < -0.3 is 16.0 Å². The second-order valence-electron chi connectivity index (χ2n) is 5.55. The third-order valence-corrected chi connectivity index (χ3v) is 3.95. The summed E-state index contributed by atoms with van der Waals surface area (Å²) in [6.45, 7) is 4.19. The predicted molar refractivity (Wildman–Crippen MR) is 88.2 cm³/mol. The summed E-state index contributed by atoms with van der Waals surface area (Å²) in [5, 5.41) is 11.9. The molecule has 3 N–H and O–H groups in total. The van der Waals surface area contributed by atoms with Gasteiger partial charge in [0.2, 0.25) is 5.95 Å². The van der Waals surface area contributed by atoms with Crippen LogP contribution >= 0.6 is 0 Å². The molecule has 1 aliphatic rings. The van der Waals surface area contributed by atoms with Crippen LogP contribution in [0.1, 0.15) is 5.56 Å². The lowest BCUT2D eigenvalue weighted by Crippen LogP contribution is -2.44. The Kier molecular flexibility index (Phi) is 3.51. The minimum absolute atomic E-state index is 0.252. The van der Waals surface area contributed by atoms with Gasteiger partial charge in [-0.2, -0.15) is 9.97 Å². The van der Waals surface area contributed by atoms with E-state index in [-0.39, 0.29) is 5.95 Å². The zero-order chi connectivity index (χ0) is 15.6. The maximum absolute atomic E-state index is 5.92. The molecule has 1 saturated heterocycles. The Hall–Kier alpha value is -2.74. The maximum Gasteiger partial charge on any atom is 0.224 e.